The van der Waals surface area contributed by atoms with Crippen LogP contribution in [0, 0.1) is 34.2 Å². The van der Waals surface area contributed by atoms with Gasteiger partial charge in [0.25, 0.3) is 0 Å². The Balaban J connectivity index is 1.10. The number of carboxylic acids is 1. The number of rotatable bonds is 31. The first-order valence-corrected chi connectivity index (χ1v) is 36.8. The minimum atomic E-state index is -2.17. The number of carbonyl (C=O) groups excluding carboxylic acids is 4. The normalized spacial score (nSPS) is 32.7. The average Bonchev–Trinajstić information content (AvgIpc) is 0.760. The van der Waals surface area contributed by atoms with Crippen LogP contribution in [0.5, 0.6) is 17.2 Å². The van der Waals surface area contributed by atoms with Crippen LogP contribution in [0.2, 0.25) is 0 Å². The number of fused-ring (bicyclic) bond motifs is 2. The zero-order valence-corrected chi connectivity index (χ0v) is 62.0. The minimum absolute atomic E-state index is 0.00983. The van der Waals surface area contributed by atoms with Gasteiger partial charge in [0.15, 0.2) is 41.8 Å². The van der Waals surface area contributed by atoms with Crippen LogP contribution in [0.1, 0.15) is 109 Å². The predicted octanol–water partition coefficient (Wildman–Crippen LogP) is 3.18. The topological polar surface area (TPSA) is 401 Å². The molecule has 2 amide bonds. The fraction of sp³-hybridized carbons (Fsp3) is 0.682. The Morgan fingerprint density at radius 2 is 1.61 bits per heavy atom. The maximum atomic E-state index is 14.5. The molecule has 4 saturated heterocycles. The number of Topliss-reactive ketones (excluding diaryl/α,β-unsaturated/α-hetero) is 1. The number of unbranched alkanes of at least 4 members (excludes halogenated alkanes) is 1. The number of thioether (sulfide) groups is 1. The summed E-state index contributed by atoms with van der Waals surface area (Å²) >= 11 is 2.80. The summed E-state index contributed by atoms with van der Waals surface area (Å²) in [7, 11) is 9.59. The van der Waals surface area contributed by atoms with E-state index in [1.165, 1.54) is 55.1 Å². The van der Waals surface area contributed by atoms with Crippen molar-refractivity contribution in [2.45, 2.75) is 226 Å². The van der Waals surface area contributed by atoms with E-state index < -0.39 is 149 Å². The average molecular weight is 1560 g/mol. The van der Waals surface area contributed by atoms with Crippen LogP contribution >= 0.6 is 55.9 Å². The summed E-state index contributed by atoms with van der Waals surface area (Å²) in [5, 5.41) is 75.2. The summed E-state index contributed by atoms with van der Waals surface area (Å²) < 4.78 is 72.5. The summed E-state index contributed by atoms with van der Waals surface area (Å²) in [6, 6.07) is -2.32. The van der Waals surface area contributed by atoms with Crippen LogP contribution in [0.25, 0.3) is 0 Å². The molecular weight excluding hydrogens is 1470 g/mol. The number of methoxy groups -OCH3 is 5. The van der Waals surface area contributed by atoms with E-state index in [2.05, 4.69) is 45.1 Å². The SMILES string of the molecule is CCN[C@H]1CO[C@@H](O[C@H]2[C@H](O[C@H]3C#C/C=C\C#C[C@]4(O)CC(=O)C(NC(=O)OC)=C3/C4=C\CSSC(C)(C)CCC(=O)NCCCC[C@H](N)C(=O)O)O[C@H](C)[C@@H](NO[C@H]3C[C@H](O)[C@H](SC(=O)c4c(C)c(I)c(O[C@@H]5O[C@@H](C)[C@H](O)[C@@H](OC)[C@H]5O)c(OC)c4OC)[C@@H](C)O3)[C@H]2O)C[C@@H]1OC. The van der Waals surface area contributed by atoms with Crippen LogP contribution in [0.4, 0.5) is 4.79 Å². The van der Waals surface area contributed by atoms with Crippen LogP contribution in [-0.2, 0) is 61.9 Å². The highest BCUT2D eigenvalue weighted by Crippen LogP contribution is 2.49. The molecule has 0 aromatic heterocycles. The Kier molecular flexibility index (Phi) is 31.3. The molecule has 12 N–H and O–H groups in total. The number of hydrogen-bond acceptors (Lipinski definition) is 29. The van der Waals surface area contributed by atoms with Crippen LogP contribution in [0.3, 0.4) is 0 Å². The minimum Gasteiger partial charge on any atom is -0.492 e. The number of allylic oxidation sites excluding steroid dienone is 3. The van der Waals surface area contributed by atoms with Gasteiger partial charge in [0.1, 0.15) is 42.7 Å². The third-order valence-electron chi connectivity index (χ3n) is 17.5. The number of aliphatic hydroxyl groups is 5. The number of benzene rings is 1. The van der Waals surface area contributed by atoms with Crippen molar-refractivity contribution in [2.24, 2.45) is 5.73 Å². The lowest BCUT2D eigenvalue weighted by molar-refractivity contribution is -0.336. The maximum Gasteiger partial charge on any atom is 0.411 e. The van der Waals surface area contributed by atoms with Crippen molar-refractivity contribution in [3.05, 3.63) is 49.8 Å². The second-order valence-corrected chi connectivity index (χ2v) is 30.2. The molecule has 7 rings (SSSR count). The van der Waals surface area contributed by atoms with Gasteiger partial charge in [-0.2, -0.15) is 5.48 Å². The molecule has 2 aliphatic carbocycles. The molecule has 0 radical (unpaired) electrons. The van der Waals surface area contributed by atoms with Crippen molar-refractivity contribution in [3.63, 3.8) is 0 Å². The Morgan fingerprint density at radius 1 is 0.889 bits per heavy atom. The highest BCUT2D eigenvalue weighted by molar-refractivity contribution is 14.1. The summed E-state index contributed by atoms with van der Waals surface area (Å²) in [5.41, 5.74) is 6.52. The molecule has 0 spiro atoms. The van der Waals surface area contributed by atoms with Gasteiger partial charge in [-0.05, 0) is 114 Å². The number of ketones is 1. The van der Waals surface area contributed by atoms with Crippen LogP contribution < -0.4 is 41.4 Å². The zero-order valence-electron chi connectivity index (χ0n) is 57.4. The molecule has 0 saturated carbocycles. The molecule has 0 unspecified atom stereocenters. The number of halogens is 1. The molecule has 29 nitrogen and oxygen atoms in total. The van der Waals surface area contributed by atoms with Crippen molar-refractivity contribution in [3.8, 4) is 40.9 Å². The molecule has 6 aliphatic rings. The molecule has 2 bridgehead atoms. The lowest BCUT2D eigenvalue weighted by Crippen LogP contribution is -2.65. The Morgan fingerprint density at radius 3 is 2.27 bits per heavy atom. The lowest BCUT2D eigenvalue weighted by Gasteiger charge is -2.46. The van der Waals surface area contributed by atoms with Gasteiger partial charge in [-0.25, -0.2) is 4.79 Å². The molecule has 1 aromatic carbocycles. The Labute approximate surface area is 602 Å². The van der Waals surface area contributed by atoms with E-state index in [0.717, 1.165) is 18.9 Å². The van der Waals surface area contributed by atoms with Crippen molar-refractivity contribution >= 4 is 84.8 Å². The molecular formula is C66H94IN5O24S3. The largest absolute Gasteiger partial charge is 0.492 e. The van der Waals surface area contributed by atoms with Gasteiger partial charge in [-0.3, -0.25) is 29.3 Å². The van der Waals surface area contributed by atoms with E-state index in [4.69, 9.17) is 72.5 Å². The van der Waals surface area contributed by atoms with Gasteiger partial charge >= 0.3 is 12.1 Å². The van der Waals surface area contributed by atoms with Crippen molar-refractivity contribution < 1.29 is 116 Å². The van der Waals surface area contributed by atoms with Gasteiger partial charge in [-0.15, -0.1) is 0 Å². The fourth-order valence-electron chi connectivity index (χ4n) is 12.0. The van der Waals surface area contributed by atoms with Gasteiger partial charge in [0, 0.05) is 61.7 Å². The number of carbonyl (C=O) groups is 5. The fourth-order valence-corrected chi connectivity index (χ4v) is 16.2. The molecule has 4 aliphatic heterocycles. The number of amides is 2. The number of hydrogen-bond donors (Lipinski definition) is 11. The third-order valence-corrected chi connectivity index (χ3v) is 23.3. The molecule has 4 heterocycles. The van der Waals surface area contributed by atoms with Crippen molar-refractivity contribution in [1.29, 1.82) is 0 Å². The number of aliphatic carboxylic acids is 1. The highest BCUT2D eigenvalue weighted by Gasteiger charge is 2.52. The van der Waals surface area contributed by atoms with Crippen molar-refractivity contribution in [1.82, 2.24) is 21.4 Å². The first-order chi connectivity index (χ1) is 47.0. The quantitative estimate of drug-likeness (QED) is 0.0167. The number of nitrogens with two attached hydrogens (primary N) is 1. The first kappa shape index (κ1) is 81.9. The van der Waals surface area contributed by atoms with E-state index in [-0.39, 0.29) is 83.2 Å². The molecule has 20 atom stereocenters. The predicted molar refractivity (Wildman–Crippen MR) is 372 cm³/mol. The second-order valence-electron chi connectivity index (χ2n) is 25.0. The number of alkyl carbamates (subject to hydrolysis) is 1. The van der Waals surface area contributed by atoms with Gasteiger partial charge in [-0.1, -0.05) is 70.0 Å². The van der Waals surface area contributed by atoms with Gasteiger partial charge in [0.2, 0.25) is 23.1 Å². The number of aliphatic hydroxyl groups excluding tert-OH is 4. The number of likely N-dealkylation sites (N-methyl/N-ethyl adjacent to an activating group) is 1. The van der Waals surface area contributed by atoms with Gasteiger partial charge < -0.3 is 104 Å². The highest BCUT2D eigenvalue weighted by atomic mass is 127. The van der Waals surface area contributed by atoms with E-state index in [9.17, 15) is 49.5 Å². The van der Waals surface area contributed by atoms with E-state index >= 15 is 0 Å². The standard InChI is InChI=1S/C66H94IN5O24S3/c1-13-69-38-31-89-44(29-42(38)84-8)94-57-52(77)49(72-96-45-28-39(73)59(35(5)90-45)98-61(81)46-32(2)48(67)55(58(87-11)54(46)85-9)95-62-53(78)56(86-10)51(76)34(4)92-62)33(3)91-63(57)93-41-21-16-14-15-18-24-66(83)30-40(74)50(71-64(82)88-12)47(41)36(66)23-27-97-99-65(6,7)25-22-43(75)70-26-19-17-20-37(68)60(79)80/h14-15,23,33-35,37-39,41-42,44-45,49,51-53,56-57,59,62-63,69,72-73,76-78,83H,13,17,19-20,22,25-31,68H2,1-12H3,(H,70,75)(H,71,82)(H,79,80)/b15-14-,36-23+/t33-,34+,35-,37+,38+,39+,41+,42+,44+,45+,49-,51+,52-,53-,56-,57-,59-,62+,63+,66+/m1/s1. The Bertz CT molecular complexity index is 3210. The number of hydroxylamine groups is 1. The monoisotopic (exact) mass is 1560 g/mol. The van der Waals surface area contributed by atoms with Crippen LogP contribution in [-0.4, -0.2) is 247 Å². The lowest BCUT2D eigenvalue weighted by atomic mass is 9.75. The third kappa shape index (κ3) is 21.0. The molecule has 4 fully saturated rings. The summed E-state index contributed by atoms with van der Waals surface area (Å²) in [5.74, 6) is 9.85. The van der Waals surface area contributed by atoms with Crippen LogP contribution in [0.15, 0.2) is 35.1 Å². The van der Waals surface area contributed by atoms with Crippen molar-refractivity contribution in [2.75, 3.05) is 61.0 Å². The zero-order chi connectivity index (χ0) is 72.6. The second kappa shape index (κ2) is 37.9. The number of ether oxygens (including phenoxy) is 12. The van der Waals surface area contributed by atoms with E-state index in [1.54, 1.807) is 40.9 Å². The molecule has 33 heteroatoms. The van der Waals surface area contributed by atoms with E-state index in [1.807, 2.05) is 43.4 Å². The molecule has 1 aromatic rings. The number of carboxylic acid groups (broad SMARTS) is 1. The summed E-state index contributed by atoms with van der Waals surface area (Å²) in [4.78, 5) is 72.1. The maximum absolute atomic E-state index is 14.5. The smallest absolute Gasteiger partial charge is 0.411 e. The number of nitrogens with one attached hydrogen (secondary N) is 4. The summed E-state index contributed by atoms with van der Waals surface area (Å²) in [6.07, 6.45) is -12.6. The van der Waals surface area contributed by atoms with Gasteiger partial charge in [0.05, 0.1) is 97.0 Å². The van der Waals surface area contributed by atoms with E-state index in [0.29, 0.717) is 47.9 Å². The summed E-state index contributed by atoms with van der Waals surface area (Å²) in [6.45, 7) is 13.6. The molecule has 99 heavy (non-hydrogen) atoms. The first-order valence-electron chi connectivity index (χ1n) is 32.5. The molecule has 552 valence electrons. The Hall–Kier alpha value is -4.39.